The Labute approximate surface area is 147 Å². The molecule has 0 fully saturated rings. The molecule has 24 heavy (non-hydrogen) atoms. The number of hydrogen-bond acceptors (Lipinski definition) is 1. The van der Waals surface area contributed by atoms with E-state index < -0.39 is 8.80 Å². The van der Waals surface area contributed by atoms with Crippen LogP contribution in [-0.2, 0) is 6.42 Å². The second kappa shape index (κ2) is 5.93. The van der Waals surface area contributed by atoms with Crippen molar-refractivity contribution in [2.24, 2.45) is 0 Å². The fraction of sp³-hybridized carbons (Fsp3) is 0.364. The normalized spacial score (nSPS) is 22.0. The monoisotopic (exact) mass is 332 g/mol. The van der Waals surface area contributed by atoms with Gasteiger partial charge in [0.25, 0.3) is 0 Å². The first-order valence-electron chi connectivity index (χ1n) is 9.00. The second-order valence-electron chi connectivity index (χ2n) is 7.55. The van der Waals surface area contributed by atoms with Gasteiger partial charge in [0.05, 0.1) is 8.80 Å². The average molecular weight is 333 g/mol. The summed E-state index contributed by atoms with van der Waals surface area (Å²) in [6, 6.07) is 14.3. The van der Waals surface area contributed by atoms with Crippen LogP contribution in [0.2, 0.25) is 13.1 Å². The zero-order chi connectivity index (χ0) is 16.8. The molecule has 2 aromatic carbocycles. The molecule has 0 N–H and O–H groups in total. The Morgan fingerprint density at radius 3 is 2.71 bits per heavy atom. The summed E-state index contributed by atoms with van der Waals surface area (Å²) in [7, 11) is 1.85. The van der Waals surface area contributed by atoms with Gasteiger partial charge in [-0.2, -0.15) is 0 Å². The Morgan fingerprint density at radius 1 is 1.12 bits per heavy atom. The Kier molecular flexibility index (Phi) is 3.88. The van der Waals surface area contributed by atoms with Crippen molar-refractivity contribution < 1.29 is 0 Å². The largest absolute Gasteiger partial charge is 0.371 e. The van der Waals surface area contributed by atoms with Crippen molar-refractivity contribution in [2.45, 2.75) is 44.8 Å². The minimum Gasteiger partial charge on any atom is -0.371 e. The quantitative estimate of drug-likeness (QED) is 0.731. The Morgan fingerprint density at radius 2 is 1.92 bits per heavy atom. The molecule has 0 saturated heterocycles. The predicted octanol–water partition coefficient (Wildman–Crippen LogP) is 4.52. The number of anilines is 1. The highest BCUT2D eigenvalue weighted by Crippen LogP contribution is 2.40. The van der Waals surface area contributed by atoms with E-state index in [-0.39, 0.29) is 0 Å². The van der Waals surface area contributed by atoms with Crippen LogP contribution in [0.15, 0.2) is 42.5 Å². The first-order valence-corrected chi connectivity index (χ1v) is 11.5. The van der Waals surface area contributed by atoms with Crippen LogP contribution in [0.3, 0.4) is 0 Å². The molecule has 1 aliphatic carbocycles. The van der Waals surface area contributed by atoms with Crippen molar-refractivity contribution in [2.75, 3.05) is 11.9 Å². The van der Waals surface area contributed by atoms with Crippen molar-refractivity contribution in [1.82, 2.24) is 0 Å². The van der Waals surface area contributed by atoms with Crippen LogP contribution in [0, 0.1) is 6.92 Å². The van der Waals surface area contributed by atoms with Crippen molar-refractivity contribution in [3.63, 3.8) is 0 Å². The number of nitrogens with zero attached hydrogens (tertiary/aromatic N) is 1. The maximum absolute atomic E-state index is 2.60. The van der Waals surface area contributed by atoms with Crippen LogP contribution in [0.5, 0.6) is 0 Å². The lowest BCUT2D eigenvalue weighted by molar-refractivity contribution is 0.518. The SMILES string of the molecule is Cc1cc2c(c([Si](C)C)c1)N(C)C(C1C=Cc3ccccc31)CC2. The van der Waals surface area contributed by atoms with E-state index in [1.54, 1.807) is 10.8 Å². The highest BCUT2D eigenvalue weighted by atomic mass is 28.3. The van der Waals surface area contributed by atoms with Gasteiger partial charge in [-0.05, 0) is 41.6 Å². The molecule has 0 bridgehead atoms. The number of likely N-dealkylation sites (N-methyl/N-ethyl adjacent to an activating group) is 1. The smallest absolute Gasteiger partial charge is 0.0819 e. The summed E-state index contributed by atoms with van der Waals surface area (Å²) in [6.07, 6.45) is 7.19. The average Bonchev–Trinajstić information content (AvgIpc) is 2.98. The van der Waals surface area contributed by atoms with E-state index in [4.69, 9.17) is 0 Å². The fourth-order valence-electron chi connectivity index (χ4n) is 4.54. The molecule has 0 spiro atoms. The summed E-state index contributed by atoms with van der Waals surface area (Å²) in [5, 5.41) is 1.61. The van der Waals surface area contributed by atoms with Gasteiger partial charge >= 0.3 is 0 Å². The van der Waals surface area contributed by atoms with Gasteiger partial charge < -0.3 is 4.90 Å². The molecule has 1 nitrogen and oxygen atoms in total. The first kappa shape index (κ1) is 15.7. The number of fused-ring (bicyclic) bond motifs is 2. The van der Waals surface area contributed by atoms with E-state index in [9.17, 15) is 0 Å². The van der Waals surface area contributed by atoms with Crippen LogP contribution in [0.4, 0.5) is 5.69 Å². The predicted molar refractivity (Wildman–Crippen MR) is 107 cm³/mol. The fourth-order valence-corrected chi connectivity index (χ4v) is 5.87. The summed E-state index contributed by atoms with van der Waals surface area (Å²) in [5.41, 5.74) is 7.43. The summed E-state index contributed by atoms with van der Waals surface area (Å²) in [5.74, 6) is 0.526. The molecule has 0 aromatic heterocycles. The molecule has 2 aliphatic rings. The number of benzene rings is 2. The van der Waals surface area contributed by atoms with E-state index in [1.807, 2.05) is 0 Å². The van der Waals surface area contributed by atoms with E-state index >= 15 is 0 Å². The molecule has 0 amide bonds. The lowest BCUT2D eigenvalue weighted by Gasteiger charge is -2.41. The van der Waals surface area contributed by atoms with Crippen molar-refractivity contribution in [1.29, 1.82) is 0 Å². The minimum atomic E-state index is -0.473. The van der Waals surface area contributed by atoms with Gasteiger partial charge in [-0.3, -0.25) is 0 Å². The van der Waals surface area contributed by atoms with Gasteiger partial charge in [0.1, 0.15) is 0 Å². The maximum atomic E-state index is 2.60. The molecule has 123 valence electrons. The molecule has 1 radical (unpaired) electrons. The summed E-state index contributed by atoms with van der Waals surface area (Å²) >= 11 is 0. The topological polar surface area (TPSA) is 3.24 Å². The Balaban J connectivity index is 1.75. The molecule has 2 aromatic rings. The summed E-state index contributed by atoms with van der Waals surface area (Å²) < 4.78 is 0. The lowest BCUT2D eigenvalue weighted by atomic mass is 9.84. The number of hydrogen-bond donors (Lipinski definition) is 0. The van der Waals surface area contributed by atoms with E-state index in [0.717, 1.165) is 0 Å². The van der Waals surface area contributed by atoms with E-state index in [0.29, 0.717) is 12.0 Å². The molecule has 0 saturated carbocycles. The van der Waals surface area contributed by atoms with Gasteiger partial charge in [-0.1, -0.05) is 67.2 Å². The third-order valence-corrected chi connectivity index (χ3v) is 7.14. The maximum Gasteiger partial charge on any atom is 0.0819 e. The molecule has 2 atom stereocenters. The number of rotatable bonds is 2. The molecule has 1 heterocycles. The first-order chi connectivity index (χ1) is 11.6. The van der Waals surface area contributed by atoms with Gasteiger partial charge in [-0.15, -0.1) is 0 Å². The minimum absolute atomic E-state index is 0.473. The highest BCUT2D eigenvalue weighted by molar-refractivity contribution is 6.72. The van der Waals surface area contributed by atoms with E-state index in [2.05, 4.69) is 80.5 Å². The Bertz CT molecular complexity index is 806. The van der Waals surface area contributed by atoms with Crippen molar-refractivity contribution in [3.8, 4) is 0 Å². The van der Waals surface area contributed by atoms with Crippen LogP contribution in [0.1, 0.15) is 34.6 Å². The van der Waals surface area contributed by atoms with Crippen LogP contribution in [0.25, 0.3) is 6.08 Å². The van der Waals surface area contributed by atoms with Crippen LogP contribution < -0.4 is 10.1 Å². The second-order valence-corrected chi connectivity index (χ2v) is 10.1. The standard InChI is InChI=1S/C22H26NSi/c1-15-13-17-10-12-20(23(2)22(17)21(14-15)24(3)4)19-11-9-16-7-5-6-8-18(16)19/h5-9,11,13-14,19-20H,10,12H2,1-4H3. The zero-order valence-electron chi connectivity index (χ0n) is 15.1. The van der Waals surface area contributed by atoms with Gasteiger partial charge in [0.2, 0.25) is 0 Å². The van der Waals surface area contributed by atoms with Gasteiger partial charge in [-0.25, -0.2) is 0 Å². The molecule has 4 rings (SSSR count). The summed E-state index contributed by atoms with van der Waals surface area (Å²) in [4.78, 5) is 2.60. The van der Waals surface area contributed by atoms with Crippen LogP contribution in [-0.4, -0.2) is 21.9 Å². The Hall–Kier alpha value is -1.80. The molecular formula is C22H26NSi. The van der Waals surface area contributed by atoms with Crippen molar-refractivity contribution in [3.05, 3.63) is 64.7 Å². The molecule has 2 unspecified atom stereocenters. The highest BCUT2D eigenvalue weighted by Gasteiger charge is 2.34. The molecular weight excluding hydrogens is 306 g/mol. The van der Waals surface area contributed by atoms with Gasteiger partial charge in [0, 0.05) is 24.7 Å². The number of aryl methyl sites for hydroxylation is 2. The van der Waals surface area contributed by atoms with E-state index in [1.165, 1.54) is 35.2 Å². The third kappa shape index (κ3) is 2.44. The zero-order valence-corrected chi connectivity index (χ0v) is 16.1. The van der Waals surface area contributed by atoms with Crippen LogP contribution >= 0.6 is 0 Å². The summed E-state index contributed by atoms with van der Waals surface area (Å²) in [6.45, 7) is 7.08. The molecule has 1 aliphatic heterocycles. The van der Waals surface area contributed by atoms with Gasteiger partial charge in [0.15, 0.2) is 0 Å². The molecule has 2 heteroatoms. The lowest BCUT2D eigenvalue weighted by Crippen LogP contribution is -2.44. The third-order valence-electron chi connectivity index (χ3n) is 5.68. The van der Waals surface area contributed by atoms with Crippen molar-refractivity contribution >= 4 is 25.7 Å².